The predicted octanol–water partition coefficient (Wildman–Crippen LogP) is 0.495. The molecule has 0 spiro atoms. The lowest BCUT2D eigenvalue weighted by molar-refractivity contribution is -0.143. The normalized spacial score (nSPS) is 29.8. The molecule has 1 atom stereocenters. The lowest BCUT2D eigenvalue weighted by Crippen LogP contribution is -2.54. The van der Waals surface area contributed by atoms with E-state index in [0.717, 1.165) is 45.1 Å². The largest absolute Gasteiger partial charge is 0.481 e. The maximum atomic E-state index is 11.2. The summed E-state index contributed by atoms with van der Waals surface area (Å²) >= 11 is 0. The van der Waals surface area contributed by atoms with Crippen LogP contribution < -0.4 is 0 Å². The average molecular weight is 338 g/mol. The molecule has 138 valence electrons. The molecular weight excluding hydrogens is 304 g/mol. The summed E-state index contributed by atoms with van der Waals surface area (Å²) in [4.78, 5) is 21.2. The zero-order valence-electron chi connectivity index (χ0n) is 15.2. The van der Waals surface area contributed by atoms with Crippen LogP contribution in [0.5, 0.6) is 0 Å². The molecule has 3 saturated heterocycles. The molecule has 0 bridgehead atoms. The van der Waals surface area contributed by atoms with Crippen molar-refractivity contribution in [1.29, 1.82) is 0 Å². The van der Waals surface area contributed by atoms with E-state index in [2.05, 4.69) is 26.6 Å². The van der Waals surface area contributed by atoms with Gasteiger partial charge in [-0.05, 0) is 52.4 Å². The van der Waals surface area contributed by atoms with Gasteiger partial charge in [0.15, 0.2) is 0 Å². The molecule has 0 radical (unpaired) electrons. The maximum absolute atomic E-state index is 11.2. The first-order chi connectivity index (χ1) is 11.6. The minimum atomic E-state index is -0.619. The molecule has 1 N–H and O–H groups in total. The van der Waals surface area contributed by atoms with E-state index in [1.807, 2.05) is 0 Å². The van der Waals surface area contributed by atoms with Crippen molar-refractivity contribution in [2.24, 2.45) is 5.92 Å². The molecule has 3 rings (SSSR count). The highest BCUT2D eigenvalue weighted by Crippen LogP contribution is 2.18. The van der Waals surface area contributed by atoms with Crippen LogP contribution in [-0.2, 0) is 4.79 Å². The number of carbonyl (C=O) groups is 1. The fraction of sp³-hybridized carbons (Fsp3) is 0.944. The third-order valence-corrected chi connectivity index (χ3v) is 6.20. The number of aliphatic carboxylic acids is 1. The van der Waals surface area contributed by atoms with Gasteiger partial charge in [0.2, 0.25) is 0 Å². The van der Waals surface area contributed by atoms with Gasteiger partial charge in [0.1, 0.15) is 0 Å². The molecule has 6 nitrogen and oxygen atoms in total. The zero-order chi connectivity index (χ0) is 16.9. The van der Waals surface area contributed by atoms with Gasteiger partial charge in [0, 0.05) is 51.9 Å². The second kappa shape index (κ2) is 8.61. The molecule has 3 heterocycles. The number of likely N-dealkylation sites (tertiary alicyclic amines) is 2. The van der Waals surface area contributed by atoms with Crippen LogP contribution in [0.4, 0.5) is 0 Å². The summed E-state index contributed by atoms with van der Waals surface area (Å²) in [6, 6.07) is 0.793. The van der Waals surface area contributed by atoms with Crippen molar-refractivity contribution < 1.29 is 9.90 Å². The van der Waals surface area contributed by atoms with Gasteiger partial charge in [-0.1, -0.05) is 0 Å². The van der Waals surface area contributed by atoms with Gasteiger partial charge < -0.3 is 14.9 Å². The summed E-state index contributed by atoms with van der Waals surface area (Å²) in [5.41, 5.74) is 0. The zero-order valence-corrected chi connectivity index (χ0v) is 15.2. The minimum absolute atomic E-state index is 0.153. The van der Waals surface area contributed by atoms with Gasteiger partial charge in [-0.3, -0.25) is 14.6 Å². The van der Waals surface area contributed by atoms with Gasteiger partial charge in [-0.15, -0.1) is 0 Å². The molecule has 1 unspecified atom stereocenters. The van der Waals surface area contributed by atoms with Crippen LogP contribution in [0, 0.1) is 5.92 Å². The van der Waals surface area contributed by atoms with Crippen LogP contribution in [-0.4, -0.2) is 109 Å². The van der Waals surface area contributed by atoms with Crippen molar-refractivity contribution in [3.05, 3.63) is 0 Å². The highest BCUT2D eigenvalue weighted by atomic mass is 16.4. The molecule has 3 aliphatic heterocycles. The number of carboxylic acids is 1. The summed E-state index contributed by atoms with van der Waals surface area (Å²) in [6.07, 6.45) is 4.52. The summed E-state index contributed by atoms with van der Waals surface area (Å²) in [5, 5.41) is 9.20. The van der Waals surface area contributed by atoms with E-state index < -0.39 is 5.97 Å². The fourth-order valence-electron chi connectivity index (χ4n) is 4.46. The SMILES string of the molecule is CN1CCC(N2CCN(CCN3CCCC(C(=O)O)C3)CC2)CC1. The summed E-state index contributed by atoms with van der Waals surface area (Å²) in [7, 11) is 2.23. The number of hydrogen-bond acceptors (Lipinski definition) is 5. The Morgan fingerprint density at radius 1 is 0.917 bits per heavy atom. The Kier molecular flexibility index (Phi) is 6.49. The molecule has 24 heavy (non-hydrogen) atoms. The van der Waals surface area contributed by atoms with E-state index in [1.165, 1.54) is 52.1 Å². The minimum Gasteiger partial charge on any atom is -0.481 e. The molecule has 0 aromatic carbocycles. The van der Waals surface area contributed by atoms with Gasteiger partial charge in [0.05, 0.1) is 5.92 Å². The number of rotatable bonds is 5. The molecule has 0 aromatic rings. The smallest absolute Gasteiger partial charge is 0.307 e. The van der Waals surface area contributed by atoms with Crippen molar-refractivity contribution in [3.8, 4) is 0 Å². The molecule has 0 saturated carbocycles. The molecule has 0 aromatic heterocycles. The quantitative estimate of drug-likeness (QED) is 0.788. The number of piperidine rings is 2. The third kappa shape index (κ3) is 4.91. The molecular formula is C18H34N4O2. The number of carboxylic acid groups (broad SMARTS) is 1. The fourth-order valence-corrected chi connectivity index (χ4v) is 4.46. The van der Waals surface area contributed by atoms with Gasteiger partial charge in [-0.2, -0.15) is 0 Å². The van der Waals surface area contributed by atoms with E-state index in [1.54, 1.807) is 0 Å². The van der Waals surface area contributed by atoms with E-state index in [4.69, 9.17) is 0 Å². The summed E-state index contributed by atoms with van der Waals surface area (Å²) < 4.78 is 0. The Labute approximate surface area is 146 Å². The first-order valence-electron chi connectivity index (χ1n) is 9.72. The van der Waals surface area contributed by atoms with E-state index in [-0.39, 0.29) is 5.92 Å². The van der Waals surface area contributed by atoms with Crippen molar-refractivity contribution in [3.63, 3.8) is 0 Å². The Balaban J connectivity index is 1.34. The average Bonchev–Trinajstić information content (AvgIpc) is 2.61. The van der Waals surface area contributed by atoms with E-state index in [0.29, 0.717) is 0 Å². The van der Waals surface area contributed by atoms with Crippen LogP contribution in [0.1, 0.15) is 25.7 Å². The number of hydrogen-bond donors (Lipinski definition) is 1. The monoisotopic (exact) mass is 338 g/mol. The molecule has 6 heteroatoms. The molecule has 3 aliphatic rings. The lowest BCUT2D eigenvalue weighted by atomic mass is 9.98. The second-order valence-electron chi connectivity index (χ2n) is 7.89. The van der Waals surface area contributed by atoms with Crippen LogP contribution in [0.15, 0.2) is 0 Å². The van der Waals surface area contributed by atoms with Crippen LogP contribution in [0.25, 0.3) is 0 Å². The third-order valence-electron chi connectivity index (χ3n) is 6.20. The summed E-state index contributed by atoms with van der Waals surface area (Å²) in [6.45, 7) is 11.1. The van der Waals surface area contributed by atoms with Crippen molar-refractivity contribution >= 4 is 5.97 Å². The van der Waals surface area contributed by atoms with Gasteiger partial charge >= 0.3 is 5.97 Å². The molecule has 3 fully saturated rings. The Morgan fingerprint density at radius 3 is 2.25 bits per heavy atom. The number of piperazine rings is 1. The van der Waals surface area contributed by atoms with Crippen LogP contribution >= 0.6 is 0 Å². The van der Waals surface area contributed by atoms with Crippen molar-refractivity contribution in [2.75, 3.05) is 72.5 Å². The Hall–Kier alpha value is -0.690. The predicted molar refractivity (Wildman–Crippen MR) is 95.3 cm³/mol. The second-order valence-corrected chi connectivity index (χ2v) is 7.89. The van der Waals surface area contributed by atoms with Crippen molar-refractivity contribution in [2.45, 2.75) is 31.7 Å². The van der Waals surface area contributed by atoms with Crippen molar-refractivity contribution in [1.82, 2.24) is 19.6 Å². The highest BCUT2D eigenvalue weighted by molar-refractivity contribution is 5.70. The maximum Gasteiger partial charge on any atom is 0.307 e. The summed E-state index contributed by atoms with van der Waals surface area (Å²) in [5.74, 6) is -0.772. The van der Waals surface area contributed by atoms with Gasteiger partial charge in [0.25, 0.3) is 0 Å². The standard InChI is InChI=1S/C18H34N4O2/c1-19-7-4-17(5-8-19)22-13-11-20(12-14-22)9-10-21-6-2-3-16(15-21)18(23)24/h16-17H,2-15H2,1H3,(H,23,24). The highest BCUT2D eigenvalue weighted by Gasteiger charge is 2.28. The first kappa shape index (κ1) is 18.1. The van der Waals surface area contributed by atoms with Gasteiger partial charge in [-0.25, -0.2) is 0 Å². The van der Waals surface area contributed by atoms with E-state index >= 15 is 0 Å². The number of nitrogens with zero attached hydrogens (tertiary/aromatic N) is 4. The van der Waals surface area contributed by atoms with E-state index in [9.17, 15) is 9.90 Å². The topological polar surface area (TPSA) is 50.3 Å². The lowest BCUT2D eigenvalue weighted by Gasteiger charge is -2.42. The Bertz CT molecular complexity index is 404. The molecule has 0 aliphatic carbocycles. The van der Waals surface area contributed by atoms with Crippen LogP contribution in [0.3, 0.4) is 0 Å². The molecule has 0 amide bonds. The van der Waals surface area contributed by atoms with Crippen LogP contribution in [0.2, 0.25) is 0 Å². The Morgan fingerprint density at radius 2 is 1.58 bits per heavy atom. The first-order valence-corrected chi connectivity index (χ1v) is 9.72.